The number of halogens is 2. The molecule has 2 aromatic heterocycles. The van der Waals surface area contributed by atoms with Crippen molar-refractivity contribution < 1.29 is 33.4 Å². The summed E-state index contributed by atoms with van der Waals surface area (Å²) in [5, 5.41) is 4.01. The van der Waals surface area contributed by atoms with Gasteiger partial charge in [-0.25, -0.2) is 0 Å². The van der Waals surface area contributed by atoms with Gasteiger partial charge in [-0.3, -0.25) is 33.9 Å². The van der Waals surface area contributed by atoms with Crippen LogP contribution in [0.15, 0.2) is 103 Å². The summed E-state index contributed by atoms with van der Waals surface area (Å²) in [7, 11) is 3.06. The summed E-state index contributed by atoms with van der Waals surface area (Å²) in [6.45, 7) is 3.65. The van der Waals surface area contributed by atoms with Gasteiger partial charge in [-0.15, -0.1) is 11.8 Å². The number of anilines is 1. The van der Waals surface area contributed by atoms with E-state index in [0.29, 0.717) is 89.5 Å². The topological polar surface area (TPSA) is 155 Å². The number of carbonyl (C=O) groups excluding carboxylic acids is 5. The van der Waals surface area contributed by atoms with E-state index in [2.05, 4.69) is 15.3 Å². The largest absolute Gasteiger partial charge is 0.493 e. The molecule has 0 saturated carbocycles. The van der Waals surface area contributed by atoms with Gasteiger partial charge in [0, 0.05) is 79.6 Å². The van der Waals surface area contributed by atoms with E-state index in [1.54, 1.807) is 96.0 Å². The minimum atomic E-state index is -1.01. The third-order valence-electron chi connectivity index (χ3n) is 12.1. The summed E-state index contributed by atoms with van der Waals surface area (Å²) in [5.74, 6) is 0.605. The molecule has 0 aliphatic carbocycles. The lowest BCUT2D eigenvalue weighted by molar-refractivity contribution is -0.139. The zero-order valence-electron chi connectivity index (χ0n) is 35.4. The number of fused-ring (bicyclic) bond motifs is 4. The Morgan fingerprint density at radius 3 is 1.66 bits per heavy atom. The predicted molar refractivity (Wildman–Crippen MR) is 243 cm³/mol. The molecule has 0 spiro atoms. The van der Waals surface area contributed by atoms with Crippen LogP contribution >= 0.6 is 35.0 Å². The highest BCUT2D eigenvalue weighted by Crippen LogP contribution is 2.46. The fraction of sp³-hybridized carbons (Fsp3) is 0.298. The van der Waals surface area contributed by atoms with Crippen LogP contribution in [-0.4, -0.2) is 111 Å². The highest BCUT2D eigenvalue weighted by molar-refractivity contribution is 8.00. The van der Waals surface area contributed by atoms with Crippen molar-refractivity contribution in [1.29, 1.82) is 0 Å². The predicted octanol–water partition coefficient (Wildman–Crippen LogP) is 6.66. The molecule has 0 radical (unpaired) electrons. The number of aromatic nitrogens is 2. The molecule has 2 atom stereocenters. The highest BCUT2D eigenvalue weighted by Gasteiger charge is 2.57. The van der Waals surface area contributed by atoms with Crippen molar-refractivity contribution in [2.45, 2.75) is 37.5 Å². The summed E-state index contributed by atoms with van der Waals surface area (Å²) in [5.41, 5.74) is 2.96. The summed E-state index contributed by atoms with van der Waals surface area (Å²) in [6.07, 6.45) is 4.60. The molecule has 2 saturated heterocycles. The zero-order valence-corrected chi connectivity index (χ0v) is 37.7. The molecule has 2 unspecified atom stereocenters. The number of hydrogen-bond donors (Lipinski definition) is 1. The first-order valence-corrected chi connectivity index (χ1v) is 22.6. The van der Waals surface area contributed by atoms with Crippen molar-refractivity contribution >= 4 is 70.2 Å². The van der Waals surface area contributed by atoms with Gasteiger partial charge < -0.3 is 34.4 Å². The quantitative estimate of drug-likeness (QED) is 0.161. The zero-order chi connectivity index (χ0) is 45.2. The second kappa shape index (κ2) is 18.5. The first kappa shape index (κ1) is 44.4. The third kappa shape index (κ3) is 8.01. The third-order valence-corrected chi connectivity index (χ3v) is 13.5. The summed E-state index contributed by atoms with van der Waals surface area (Å²) in [6, 6.07) is 26.8. The smallest absolute Gasteiger partial charge is 0.257 e. The fourth-order valence-corrected chi connectivity index (χ4v) is 10.1. The van der Waals surface area contributed by atoms with Crippen LogP contribution < -0.4 is 14.8 Å². The van der Waals surface area contributed by atoms with Crippen molar-refractivity contribution in [3.05, 3.63) is 147 Å². The second-order valence-corrected chi connectivity index (χ2v) is 17.3. The minimum Gasteiger partial charge on any atom is -0.493 e. The molecule has 6 heterocycles. The van der Waals surface area contributed by atoms with E-state index < -0.39 is 11.3 Å². The molecule has 2 fully saturated rings. The van der Waals surface area contributed by atoms with E-state index in [0.717, 1.165) is 16.8 Å². The molecule has 5 amide bonds. The van der Waals surface area contributed by atoms with Gasteiger partial charge in [-0.1, -0.05) is 54.4 Å². The number of carbonyl (C=O) groups is 5. The van der Waals surface area contributed by atoms with Gasteiger partial charge in [0.1, 0.15) is 11.3 Å². The van der Waals surface area contributed by atoms with E-state index in [1.165, 1.54) is 18.9 Å². The first-order chi connectivity index (χ1) is 30.9. The standard InChI is InChI=1S/C28H27ClN4O5S.C19H18ClN3O2/c1-37-23-10-9-20(14-24(23)38-2)31-25(34)16-39-17-26(35)32-12-13-33-27(36)21-4-3-11-30-22(21)15-28(32,33)18-5-7-19(29)8-6-18;1-2-17(24)22-10-11-23-18(25)15-4-3-9-21-16(15)12-19(22,23)13-5-7-14(20)8-6-13/h3-11,14H,12-13,15-17H2,1-2H3,(H,31,34);3-9H,2,10-12H2,1H3. The summed E-state index contributed by atoms with van der Waals surface area (Å²) >= 11 is 13.4. The molecule has 64 heavy (non-hydrogen) atoms. The maximum Gasteiger partial charge on any atom is 0.257 e. The minimum absolute atomic E-state index is 0.0321. The Bertz CT molecular complexity index is 2620. The van der Waals surface area contributed by atoms with Gasteiger partial charge in [-0.05, 0) is 71.8 Å². The SMILES string of the molecule is CCC(=O)N1CCN2C(=O)c3cccnc3CC12c1ccc(Cl)cc1.COc1ccc(NC(=O)CSCC(=O)N2CCN3C(=O)c4cccnc4CC23c2ccc(Cl)cc2)cc1OC. The number of ether oxygens (including phenoxy) is 2. The molecule has 1 N–H and O–H groups in total. The number of thioether (sulfide) groups is 1. The molecule has 17 heteroatoms. The van der Waals surface area contributed by atoms with Gasteiger partial charge in [0.25, 0.3) is 11.8 Å². The Hall–Kier alpha value is -6.16. The Balaban J connectivity index is 0.000000192. The van der Waals surface area contributed by atoms with E-state index in [1.807, 2.05) is 41.0 Å². The molecule has 4 aliphatic heterocycles. The van der Waals surface area contributed by atoms with E-state index >= 15 is 0 Å². The lowest BCUT2D eigenvalue weighted by Crippen LogP contribution is -2.59. The molecule has 3 aromatic carbocycles. The van der Waals surface area contributed by atoms with Crippen LogP contribution in [0.3, 0.4) is 0 Å². The van der Waals surface area contributed by atoms with Gasteiger partial charge >= 0.3 is 0 Å². The van der Waals surface area contributed by atoms with Crippen LogP contribution in [0.1, 0.15) is 56.6 Å². The number of nitrogens with one attached hydrogen (secondary N) is 1. The molecule has 4 aliphatic rings. The van der Waals surface area contributed by atoms with Crippen molar-refractivity contribution in [3.8, 4) is 11.5 Å². The summed E-state index contributed by atoms with van der Waals surface area (Å²) in [4.78, 5) is 81.6. The van der Waals surface area contributed by atoms with Crippen molar-refractivity contribution in [3.63, 3.8) is 0 Å². The van der Waals surface area contributed by atoms with Crippen molar-refractivity contribution in [2.24, 2.45) is 0 Å². The lowest BCUT2D eigenvalue weighted by Gasteiger charge is -2.47. The Kier molecular flexibility index (Phi) is 12.9. The number of amides is 5. The second-order valence-electron chi connectivity index (χ2n) is 15.5. The van der Waals surface area contributed by atoms with Gasteiger partial charge in [0.15, 0.2) is 11.5 Å². The number of methoxy groups -OCH3 is 2. The van der Waals surface area contributed by atoms with E-state index in [4.69, 9.17) is 32.7 Å². The molecule has 330 valence electrons. The maximum absolute atomic E-state index is 13.6. The van der Waals surface area contributed by atoms with E-state index in [9.17, 15) is 24.0 Å². The molecule has 9 rings (SSSR count). The molecular formula is C47H45Cl2N7O7S. The average Bonchev–Trinajstić information content (AvgIpc) is 3.90. The lowest BCUT2D eigenvalue weighted by atomic mass is 9.86. The van der Waals surface area contributed by atoms with Crippen LogP contribution in [0.5, 0.6) is 11.5 Å². The number of pyridine rings is 2. The van der Waals surface area contributed by atoms with Gasteiger partial charge in [0.2, 0.25) is 17.7 Å². The fourth-order valence-electron chi connectivity index (χ4n) is 9.19. The highest BCUT2D eigenvalue weighted by atomic mass is 35.5. The molecule has 0 bridgehead atoms. The van der Waals surface area contributed by atoms with Gasteiger partial charge in [0.05, 0.1) is 48.2 Å². The van der Waals surface area contributed by atoms with Gasteiger partial charge in [-0.2, -0.15) is 0 Å². The Morgan fingerprint density at radius 1 is 0.672 bits per heavy atom. The monoisotopic (exact) mass is 921 g/mol. The summed E-state index contributed by atoms with van der Waals surface area (Å²) < 4.78 is 10.5. The van der Waals surface area contributed by atoms with Crippen molar-refractivity contribution in [2.75, 3.05) is 57.2 Å². The van der Waals surface area contributed by atoms with Crippen LogP contribution in [0.25, 0.3) is 0 Å². The van der Waals surface area contributed by atoms with Crippen LogP contribution in [0.2, 0.25) is 10.0 Å². The number of benzene rings is 3. The number of nitrogens with zero attached hydrogens (tertiary/aromatic N) is 6. The normalized spacial score (nSPS) is 19.5. The van der Waals surface area contributed by atoms with Crippen LogP contribution in [0.4, 0.5) is 5.69 Å². The number of rotatable bonds is 10. The van der Waals surface area contributed by atoms with Crippen LogP contribution in [0, 0.1) is 0 Å². The maximum atomic E-state index is 13.6. The first-order valence-electron chi connectivity index (χ1n) is 20.7. The number of hydrogen-bond acceptors (Lipinski definition) is 10. The van der Waals surface area contributed by atoms with E-state index in [-0.39, 0.29) is 41.0 Å². The van der Waals surface area contributed by atoms with Crippen LogP contribution in [-0.2, 0) is 38.6 Å². The average molecular weight is 923 g/mol. The Labute approximate surface area is 384 Å². The molecular weight excluding hydrogens is 878 g/mol. The molecule has 14 nitrogen and oxygen atoms in total. The Morgan fingerprint density at radius 2 is 1.17 bits per heavy atom. The van der Waals surface area contributed by atoms with Crippen molar-refractivity contribution in [1.82, 2.24) is 29.6 Å². The molecule has 5 aromatic rings.